The molecule has 1 N–H and O–H groups in total. The molecular weight excluding hydrogens is 303 g/mol. The van der Waals surface area contributed by atoms with Crippen molar-refractivity contribution in [3.63, 3.8) is 0 Å². The maximum absolute atomic E-state index is 13.5. The Kier molecular flexibility index (Phi) is 3.89. The minimum Gasteiger partial charge on any atom is -0.350 e. The van der Waals surface area contributed by atoms with E-state index >= 15 is 0 Å². The van der Waals surface area contributed by atoms with Crippen molar-refractivity contribution in [3.05, 3.63) is 52.0 Å². The van der Waals surface area contributed by atoms with Crippen molar-refractivity contribution in [2.45, 2.75) is 26.8 Å². The molecule has 3 rings (SSSR count). The van der Waals surface area contributed by atoms with Gasteiger partial charge in [0.05, 0.1) is 24.4 Å². The molecule has 1 aromatic carbocycles. The molecule has 0 spiro atoms. The molecule has 0 fully saturated rings. The minimum absolute atomic E-state index is 0.0176. The first-order valence-corrected chi connectivity index (χ1v) is 7.68. The van der Waals surface area contributed by atoms with Crippen molar-refractivity contribution in [3.8, 4) is 0 Å². The lowest BCUT2D eigenvalue weighted by Crippen LogP contribution is -2.26. The van der Waals surface area contributed by atoms with E-state index in [4.69, 9.17) is 0 Å². The summed E-state index contributed by atoms with van der Waals surface area (Å²) in [4.78, 5) is 17.2. The van der Waals surface area contributed by atoms with Gasteiger partial charge in [0.1, 0.15) is 10.8 Å². The van der Waals surface area contributed by atoms with E-state index in [1.165, 1.54) is 17.4 Å². The molecule has 0 aliphatic rings. The lowest BCUT2D eigenvalue weighted by atomic mass is 10.1. The van der Waals surface area contributed by atoms with E-state index in [1.54, 1.807) is 22.7 Å². The summed E-state index contributed by atoms with van der Waals surface area (Å²) in [5.41, 5.74) is 2.07. The zero-order valence-electron chi connectivity index (χ0n) is 12.3. The van der Waals surface area contributed by atoms with Crippen molar-refractivity contribution in [1.82, 2.24) is 19.9 Å². The monoisotopic (exact) mass is 318 g/mol. The van der Waals surface area contributed by atoms with Crippen molar-refractivity contribution in [2.75, 3.05) is 0 Å². The highest BCUT2D eigenvalue weighted by Gasteiger charge is 2.14. The van der Waals surface area contributed by atoms with Gasteiger partial charge in [-0.05, 0) is 25.5 Å². The Morgan fingerprint density at radius 3 is 2.91 bits per heavy atom. The van der Waals surface area contributed by atoms with Gasteiger partial charge in [0.15, 0.2) is 0 Å². The number of hydrogen-bond donors (Lipinski definition) is 1. The SMILES string of the molecule is Cc1nn2c(CNC(=O)Cc3ccccc3F)c(C)nc2s1. The Bertz CT molecular complexity index is 839. The van der Waals surface area contributed by atoms with Crippen LogP contribution in [0.4, 0.5) is 4.39 Å². The predicted molar refractivity (Wildman–Crippen MR) is 82.3 cm³/mol. The lowest BCUT2D eigenvalue weighted by Gasteiger charge is -2.06. The van der Waals surface area contributed by atoms with Crippen LogP contribution in [-0.4, -0.2) is 20.5 Å². The van der Waals surface area contributed by atoms with Crippen LogP contribution in [0.3, 0.4) is 0 Å². The second-order valence-electron chi connectivity index (χ2n) is 5.00. The number of amides is 1. The number of aryl methyl sites for hydroxylation is 2. The number of rotatable bonds is 4. The lowest BCUT2D eigenvalue weighted by molar-refractivity contribution is -0.120. The number of halogens is 1. The van der Waals surface area contributed by atoms with Crippen molar-refractivity contribution in [2.24, 2.45) is 0 Å². The fourth-order valence-corrected chi connectivity index (χ4v) is 3.06. The Hall–Kier alpha value is -2.28. The molecule has 0 aliphatic carbocycles. The van der Waals surface area contributed by atoms with Gasteiger partial charge in [0.25, 0.3) is 0 Å². The Labute approximate surface area is 130 Å². The number of carbonyl (C=O) groups is 1. The van der Waals surface area contributed by atoms with Gasteiger partial charge in [-0.25, -0.2) is 13.9 Å². The molecule has 7 heteroatoms. The average Bonchev–Trinajstić information content (AvgIpc) is 2.94. The van der Waals surface area contributed by atoms with Gasteiger partial charge in [0, 0.05) is 0 Å². The van der Waals surface area contributed by atoms with E-state index < -0.39 is 0 Å². The second-order valence-corrected chi connectivity index (χ2v) is 6.16. The first-order valence-electron chi connectivity index (χ1n) is 6.86. The first-order chi connectivity index (χ1) is 10.5. The molecule has 2 heterocycles. The molecule has 0 atom stereocenters. The highest BCUT2D eigenvalue weighted by atomic mass is 32.1. The van der Waals surface area contributed by atoms with Crippen LogP contribution in [0.15, 0.2) is 24.3 Å². The summed E-state index contributed by atoms with van der Waals surface area (Å²) in [5.74, 6) is -0.595. The third-order valence-electron chi connectivity index (χ3n) is 3.36. The fraction of sp³-hybridized carbons (Fsp3) is 0.267. The zero-order chi connectivity index (χ0) is 15.7. The van der Waals surface area contributed by atoms with E-state index in [0.717, 1.165) is 21.4 Å². The van der Waals surface area contributed by atoms with E-state index in [1.807, 2.05) is 13.8 Å². The fourth-order valence-electron chi connectivity index (χ4n) is 2.25. The predicted octanol–water partition coefficient (Wildman–Crippen LogP) is 2.41. The topological polar surface area (TPSA) is 59.3 Å². The van der Waals surface area contributed by atoms with Gasteiger partial charge in [-0.2, -0.15) is 5.10 Å². The summed E-state index contributed by atoms with van der Waals surface area (Å²) in [6.07, 6.45) is 0.0176. The van der Waals surface area contributed by atoms with Gasteiger partial charge < -0.3 is 5.32 Å². The van der Waals surface area contributed by atoms with E-state index in [-0.39, 0.29) is 18.1 Å². The summed E-state index contributed by atoms with van der Waals surface area (Å²) in [6.45, 7) is 4.12. The molecular formula is C15H15FN4OS. The largest absolute Gasteiger partial charge is 0.350 e. The first kappa shape index (κ1) is 14.6. The number of nitrogens with zero attached hydrogens (tertiary/aromatic N) is 3. The number of aromatic nitrogens is 3. The van der Waals surface area contributed by atoms with Crippen LogP contribution in [0, 0.1) is 19.7 Å². The average molecular weight is 318 g/mol. The zero-order valence-corrected chi connectivity index (χ0v) is 13.1. The van der Waals surface area contributed by atoms with Crippen LogP contribution in [-0.2, 0) is 17.8 Å². The molecule has 0 radical (unpaired) electrons. The van der Waals surface area contributed by atoms with Gasteiger partial charge in [0.2, 0.25) is 10.9 Å². The summed E-state index contributed by atoms with van der Waals surface area (Å²) < 4.78 is 15.3. The third kappa shape index (κ3) is 2.85. The summed E-state index contributed by atoms with van der Waals surface area (Å²) in [7, 11) is 0. The van der Waals surface area contributed by atoms with Crippen LogP contribution >= 0.6 is 11.3 Å². The van der Waals surface area contributed by atoms with Crippen molar-refractivity contribution < 1.29 is 9.18 Å². The highest BCUT2D eigenvalue weighted by Crippen LogP contribution is 2.17. The molecule has 114 valence electrons. The maximum Gasteiger partial charge on any atom is 0.224 e. The molecule has 0 unspecified atom stereocenters. The molecule has 5 nitrogen and oxygen atoms in total. The Balaban J connectivity index is 1.70. The minimum atomic E-state index is -0.365. The molecule has 22 heavy (non-hydrogen) atoms. The quantitative estimate of drug-likeness (QED) is 0.803. The highest BCUT2D eigenvalue weighted by molar-refractivity contribution is 7.16. The van der Waals surface area contributed by atoms with Crippen LogP contribution in [0.25, 0.3) is 4.96 Å². The number of fused-ring (bicyclic) bond motifs is 1. The number of carbonyl (C=O) groups excluding carboxylic acids is 1. The molecule has 0 bridgehead atoms. The summed E-state index contributed by atoms with van der Waals surface area (Å²) in [6, 6.07) is 6.29. The molecule has 1 amide bonds. The number of hydrogen-bond acceptors (Lipinski definition) is 4. The van der Waals surface area contributed by atoms with E-state index in [9.17, 15) is 9.18 Å². The standard InChI is InChI=1S/C15H15FN4OS/c1-9-13(20-15(18-9)22-10(2)19-20)8-17-14(21)7-11-5-3-4-6-12(11)16/h3-6H,7-8H2,1-2H3,(H,17,21). The number of nitrogens with one attached hydrogen (secondary N) is 1. The summed E-state index contributed by atoms with van der Waals surface area (Å²) >= 11 is 1.50. The van der Waals surface area contributed by atoms with Gasteiger partial charge in [-0.1, -0.05) is 29.5 Å². The Morgan fingerprint density at radius 1 is 1.36 bits per heavy atom. The molecule has 0 saturated carbocycles. The van der Waals surface area contributed by atoms with Crippen LogP contribution < -0.4 is 5.32 Å². The van der Waals surface area contributed by atoms with Gasteiger partial charge in [-0.3, -0.25) is 4.79 Å². The van der Waals surface area contributed by atoms with Crippen LogP contribution in [0.2, 0.25) is 0 Å². The second kappa shape index (κ2) is 5.84. The van der Waals surface area contributed by atoms with Gasteiger partial charge >= 0.3 is 0 Å². The number of benzene rings is 1. The third-order valence-corrected chi connectivity index (χ3v) is 4.18. The normalized spacial score (nSPS) is 11.0. The molecule has 3 aromatic rings. The maximum atomic E-state index is 13.5. The van der Waals surface area contributed by atoms with Crippen LogP contribution in [0.5, 0.6) is 0 Å². The molecule has 0 saturated heterocycles. The number of imidazole rings is 1. The van der Waals surface area contributed by atoms with E-state index in [2.05, 4.69) is 15.4 Å². The molecule has 2 aromatic heterocycles. The van der Waals surface area contributed by atoms with Crippen molar-refractivity contribution >= 4 is 22.2 Å². The van der Waals surface area contributed by atoms with Gasteiger partial charge in [-0.15, -0.1) is 0 Å². The van der Waals surface area contributed by atoms with Crippen LogP contribution in [0.1, 0.15) is 22.0 Å². The van der Waals surface area contributed by atoms with E-state index in [0.29, 0.717) is 12.1 Å². The Morgan fingerprint density at radius 2 is 2.14 bits per heavy atom. The summed E-state index contributed by atoms with van der Waals surface area (Å²) in [5, 5.41) is 8.09. The van der Waals surface area contributed by atoms with Crippen molar-refractivity contribution in [1.29, 1.82) is 0 Å². The molecule has 0 aliphatic heterocycles. The smallest absolute Gasteiger partial charge is 0.224 e.